The fourth-order valence-corrected chi connectivity index (χ4v) is 2.01. The lowest BCUT2D eigenvalue weighted by molar-refractivity contribution is 0.102. The van der Waals surface area contributed by atoms with Crippen LogP contribution in [0.25, 0.3) is 10.9 Å². The molecule has 0 aliphatic rings. The van der Waals surface area contributed by atoms with Crippen LogP contribution in [-0.4, -0.2) is 15.9 Å². The Labute approximate surface area is 110 Å². The van der Waals surface area contributed by atoms with E-state index in [-0.39, 0.29) is 5.91 Å². The number of benzene rings is 1. The largest absolute Gasteiger partial charge is 0.361 e. The van der Waals surface area contributed by atoms with Gasteiger partial charge in [0.2, 0.25) is 0 Å². The Morgan fingerprint density at radius 1 is 1.26 bits per heavy atom. The van der Waals surface area contributed by atoms with E-state index in [1.54, 1.807) is 18.3 Å². The van der Waals surface area contributed by atoms with Gasteiger partial charge in [0.05, 0.1) is 11.4 Å². The second-order valence-corrected chi connectivity index (χ2v) is 4.37. The first kappa shape index (κ1) is 11.5. The summed E-state index contributed by atoms with van der Waals surface area (Å²) in [7, 11) is 0. The van der Waals surface area contributed by atoms with Gasteiger partial charge >= 0.3 is 0 Å². The maximum Gasteiger partial charge on any atom is 0.255 e. The lowest BCUT2D eigenvalue weighted by atomic mass is 10.1. The number of amides is 1. The van der Waals surface area contributed by atoms with Crippen molar-refractivity contribution in [2.45, 2.75) is 6.92 Å². The van der Waals surface area contributed by atoms with E-state index in [1.165, 1.54) is 0 Å². The van der Waals surface area contributed by atoms with Gasteiger partial charge < -0.3 is 10.3 Å². The minimum Gasteiger partial charge on any atom is -0.361 e. The first-order chi connectivity index (χ1) is 9.24. The lowest BCUT2D eigenvalue weighted by Gasteiger charge is -2.07. The van der Waals surface area contributed by atoms with Gasteiger partial charge in [0.1, 0.15) is 0 Å². The van der Waals surface area contributed by atoms with Crippen molar-refractivity contribution in [2.75, 3.05) is 5.32 Å². The van der Waals surface area contributed by atoms with Gasteiger partial charge in [-0.25, -0.2) is 0 Å². The number of hydrogen-bond acceptors (Lipinski definition) is 2. The summed E-state index contributed by atoms with van der Waals surface area (Å²) in [5.74, 6) is -0.126. The maximum absolute atomic E-state index is 12.2. The molecule has 0 saturated carbocycles. The highest BCUT2D eigenvalue weighted by molar-refractivity contribution is 6.06. The molecule has 0 aliphatic carbocycles. The predicted octanol–water partition coefficient (Wildman–Crippen LogP) is 3.12. The summed E-state index contributed by atoms with van der Waals surface area (Å²) in [6, 6.07) is 11.2. The van der Waals surface area contributed by atoms with Gasteiger partial charge in [0.25, 0.3) is 5.91 Å². The van der Waals surface area contributed by atoms with Crippen molar-refractivity contribution in [1.29, 1.82) is 0 Å². The Morgan fingerprint density at radius 2 is 2.16 bits per heavy atom. The highest BCUT2D eigenvalue weighted by Crippen LogP contribution is 2.16. The Morgan fingerprint density at radius 3 is 3.00 bits per heavy atom. The third-order valence-corrected chi connectivity index (χ3v) is 3.07. The van der Waals surface area contributed by atoms with Crippen LogP contribution in [0, 0.1) is 6.92 Å². The second-order valence-electron chi connectivity index (χ2n) is 4.37. The van der Waals surface area contributed by atoms with Crippen LogP contribution < -0.4 is 5.32 Å². The van der Waals surface area contributed by atoms with Crippen LogP contribution in [0.1, 0.15) is 16.1 Å². The number of pyridine rings is 1. The van der Waals surface area contributed by atoms with Gasteiger partial charge in [0, 0.05) is 28.9 Å². The predicted molar refractivity (Wildman–Crippen MR) is 75.2 cm³/mol. The van der Waals surface area contributed by atoms with Crippen LogP contribution in [-0.2, 0) is 0 Å². The van der Waals surface area contributed by atoms with E-state index >= 15 is 0 Å². The van der Waals surface area contributed by atoms with E-state index in [0.29, 0.717) is 5.56 Å². The Hall–Kier alpha value is -2.62. The summed E-state index contributed by atoms with van der Waals surface area (Å²) in [5, 5.41) is 3.90. The molecule has 0 unspecified atom stereocenters. The van der Waals surface area contributed by atoms with Crippen LogP contribution in [0.4, 0.5) is 5.69 Å². The average molecular weight is 251 g/mol. The third-order valence-electron chi connectivity index (χ3n) is 3.07. The van der Waals surface area contributed by atoms with Crippen LogP contribution in [0.2, 0.25) is 0 Å². The Balaban J connectivity index is 1.89. The van der Waals surface area contributed by atoms with Crippen LogP contribution in [0.5, 0.6) is 0 Å². The number of fused-ring (bicyclic) bond motifs is 1. The highest BCUT2D eigenvalue weighted by Gasteiger charge is 2.08. The van der Waals surface area contributed by atoms with Gasteiger partial charge in [-0.3, -0.25) is 9.78 Å². The number of carbonyl (C=O) groups excluding carboxylic acids is 1. The van der Waals surface area contributed by atoms with Crippen LogP contribution in [0.15, 0.2) is 48.8 Å². The quantitative estimate of drug-likeness (QED) is 0.735. The molecule has 1 amide bonds. The normalized spacial score (nSPS) is 10.6. The molecule has 0 saturated heterocycles. The Kier molecular flexibility index (Phi) is 2.76. The number of H-pyrrole nitrogens is 1. The van der Waals surface area contributed by atoms with Crippen molar-refractivity contribution < 1.29 is 4.79 Å². The summed E-state index contributed by atoms with van der Waals surface area (Å²) in [6.45, 7) is 1.87. The molecule has 4 heteroatoms. The topological polar surface area (TPSA) is 57.8 Å². The number of aromatic amines is 1. The van der Waals surface area contributed by atoms with Gasteiger partial charge in [-0.05, 0) is 43.3 Å². The van der Waals surface area contributed by atoms with E-state index in [0.717, 1.165) is 22.3 Å². The first-order valence-electron chi connectivity index (χ1n) is 6.04. The molecule has 19 heavy (non-hydrogen) atoms. The lowest BCUT2D eigenvalue weighted by Crippen LogP contribution is -2.12. The number of aryl methyl sites for hydroxylation is 1. The summed E-state index contributed by atoms with van der Waals surface area (Å²) in [4.78, 5) is 19.4. The summed E-state index contributed by atoms with van der Waals surface area (Å²) in [5.41, 5.74) is 3.20. The van der Waals surface area contributed by atoms with Crippen LogP contribution >= 0.6 is 0 Å². The molecule has 0 atom stereocenters. The smallest absolute Gasteiger partial charge is 0.255 e. The van der Waals surface area contributed by atoms with E-state index in [4.69, 9.17) is 0 Å². The monoisotopic (exact) mass is 251 g/mol. The maximum atomic E-state index is 12.2. The molecule has 4 nitrogen and oxygen atoms in total. The molecule has 2 aromatic heterocycles. The molecule has 0 fully saturated rings. The Bertz CT molecular complexity index is 746. The standard InChI is InChI=1S/C15H13N3O/c1-10-13(3-2-7-16-10)18-15(19)12-4-5-14-11(9-12)6-8-17-14/h2-9,17H,1H3,(H,18,19). The van der Waals surface area contributed by atoms with Crippen molar-refractivity contribution in [3.8, 4) is 0 Å². The number of aromatic nitrogens is 2. The molecule has 0 bridgehead atoms. The minimum atomic E-state index is -0.126. The van der Waals surface area contributed by atoms with E-state index in [1.807, 2.05) is 37.4 Å². The summed E-state index contributed by atoms with van der Waals surface area (Å²) < 4.78 is 0. The molecule has 94 valence electrons. The van der Waals surface area contributed by atoms with E-state index in [2.05, 4.69) is 15.3 Å². The van der Waals surface area contributed by atoms with Gasteiger partial charge in [-0.1, -0.05) is 0 Å². The molecular weight excluding hydrogens is 238 g/mol. The fourth-order valence-electron chi connectivity index (χ4n) is 2.01. The number of hydrogen-bond donors (Lipinski definition) is 2. The highest BCUT2D eigenvalue weighted by atomic mass is 16.1. The second kappa shape index (κ2) is 4.57. The molecule has 2 heterocycles. The zero-order valence-corrected chi connectivity index (χ0v) is 10.5. The van der Waals surface area contributed by atoms with Gasteiger partial charge in [-0.15, -0.1) is 0 Å². The SMILES string of the molecule is Cc1ncccc1NC(=O)c1ccc2[nH]ccc2c1. The van der Waals surface area contributed by atoms with Gasteiger partial charge in [-0.2, -0.15) is 0 Å². The molecule has 3 rings (SSSR count). The molecular formula is C15H13N3O. The average Bonchev–Trinajstić information content (AvgIpc) is 2.88. The fraction of sp³-hybridized carbons (Fsp3) is 0.0667. The zero-order chi connectivity index (χ0) is 13.2. The molecule has 3 aromatic rings. The minimum absolute atomic E-state index is 0.126. The van der Waals surface area contributed by atoms with Crippen molar-refractivity contribution in [2.24, 2.45) is 0 Å². The van der Waals surface area contributed by atoms with Crippen LogP contribution in [0.3, 0.4) is 0 Å². The molecule has 0 aliphatic heterocycles. The van der Waals surface area contributed by atoms with Crippen molar-refractivity contribution >= 4 is 22.5 Å². The number of carbonyl (C=O) groups is 1. The number of anilines is 1. The van der Waals surface area contributed by atoms with Crippen molar-refractivity contribution in [1.82, 2.24) is 9.97 Å². The van der Waals surface area contributed by atoms with E-state index in [9.17, 15) is 4.79 Å². The molecule has 0 radical (unpaired) electrons. The molecule has 0 spiro atoms. The zero-order valence-electron chi connectivity index (χ0n) is 10.5. The molecule has 2 N–H and O–H groups in total. The number of nitrogens with one attached hydrogen (secondary N) is 2. The summed E-state index contributed by atoms with van der Waals surface area (Å²) in [6.07, 6.45) is 3.56. The van der Waals surface area contributed by atoms with E-state index < -0.39 is 0 Å². The number of rotatable bonds is 2. The van der Waals surface area contributed by atoms with Gasteiger partial charge in [0.15, 0.2) is 0 Å². The third kappa shape index (κ3) is 2.20. The molecule has 1 aromatic carbocycles. The first-order valence-corrected chi connectivity index (χ1v) is 6.04. The number of nitrogens with zero attached hydrogens (tertiary/aromatic N) is 1. The summed E-state index contributed by atoms with van der Waals surface area (Å²) >= 11 is 0. The van der Waals surface area contributed by atoms with Crippen molar-refractivity contribution in [3.05, 3.63) is 60.0 Å². The van der Waals surface area contributed by atoms with Crippen molar-refractivity contribution in [3.63, 3.8) is 0 Å².